The van der Waals surface area contributed by atoms with Crippen molar-refractivity contribution >= 4 is 72.4 Å². The molecule has 275 valence electrons. The van der Waals surface area contributed by atoms with Crippen LogP contribution < -0.4 is 8.79 Å². The van der Waals surface area contributed by atoms with Crippen molar-refractivity contribution in [1.29, 1.82) is 0 Å². The van der Waals surface area contributed by atoms with Crippen molar-refractivity contribution in [3.8, 4) is 11.3 Å². The molecule has 3 nitrogen and oxygen atoms in total. The average Bonchev–Trinajstić information content (AvgIpc) is 3.52. The van der Waals surface area contributed by atoms with Crippen molar-refractivity contribution in [2.45, 2.75) is 85.2 Å². The second-order valence-electron chi connectivity index (χ2n) is 14.7. The van der Waals surface area contributed by atoms with Gasteiger partial charge in [-0.2, -0.15) is 0 Å². The van der Waals surface area contributed by atoms with E-state index >= 15 is 0 Å². The first-order valence-electron chi connectivity index (χ1n) is 18.8. The van der Waals surface area contributed by atoms with Crippen LogP contribution in [-0.4, -0.2) is 43.6 Å². The Bertz CT molecular complexity index is 2130. The molecule has 0 aliphatic heterocycles. The number of carbonyl (C=O) groups excluding carboxylic acids is 1. The molecule has 0 aliphatic carbocycles. The minimum absolute atomic E-state index is 0. The number of rotatable bonds is 12. The minimum atomic E-state index is -2.57. The fraction of sp³-hybridized carbons (Fsp3) is 0.348. The maximum atomic E-state index is 11.7. The van der Waals surface area contributed by atoms with Crippen molar-refractivity contribution in [2.24, 2.45) is 17.8 Å². The first kappa shape index (κ1) is 42.0. The monoisotopic (exact) mass is 999 g/mol. The summed E-state index contributed by atoms with van der Waals surface area (Å²) in [6, 6.07) is 35.2. The van der Waals surface area contributed by atoms with Crippen LogP contribution in [0.5, 0.6) is 0 Å². The second kappa shape index (κ2) is 19.0. The van der Waals surface area contributed by atoms with Gasteiger partial charge in [-0.05, 0) is 25.7 Å². The van der Waals surface area contributed by atoms with Crippen molar-refractivity contribution in [3.05, 3.63) is 115 Å². The summed E-state index contributed by atoms with van der Waals surface area (Å²) in [5, 5.41) is 15.1. The largest absolute Gasteiger partial charge is 0.512 e. The van der Waals surface area contributed by atoms with Crippen LogP contribution >= 0.6 is 0 Å². The maximum Gasteiger partial charge on any atom is 0.162 e. The van der Waals surface area contributed by atoms with Crippen LogP contribution in [0.4, 0.5) is 0 Å². The number of hydrogen-bond acceptors (Lipinski definition) is 3. The Balaban J connectivity index is 0.000000323. The molecule has 1 N–H and O–H groups in total. The summed E-state index contributed by atoms with van der Waals surface area (Å²) in [4.78, 5) is 16.7. The van der Waals surface area contributed by atoms with Crippen LogP contribution in [0.2, 0.25) is 11.5 Å². The van der Waals surface area contributed by atoms with Crippen molar-refractivity contribution < 1.29 is 30.0 Å². The van der Waals surface area contributed by atoms with Gasteiger partial charge in [0.1, 0.15) is 0 Å². The van der Waals surface area contributed by atoms with E-state index in [-0.39, 0.29) is 58.0 Å². The van der Waals surface area contributed by atoms with Gasteiger partial charge in [0.15, 0.2) is 5.78 Å². The average molecular weight is 997 g/mol. The quantitative estimate of drug-likeness (QED) is 0.0575. The van der Waals surface area contributed by atoms with Gasteiger partial charge in [-0.25, -0.2) is 0 Å². The molecule has 0 atom stereocenters. The van der Waals surface area contributed by atoms with Gasteiger partial charge in [0.2, 0.25) is 0 Å². The van der Waals surface area contributed by atoms with Crippen molar-refractivity contribution in [1.82, 2.24) is 4.98 Å². The molecule has 0 aliphatic rings. The summed E-state index contributed by atoms with van der Waals surface area (Å²) in [5.41, 5.74) is 3.78. The maximum absolute atomic E-state index is 11.7. The Morgan fingerprint density at radius 1 is 0.808 bits per heavy atom. The predicted molar refractivity (Wildman–Crippen MR) is 224 cm³/mol. The van der Waals surface area contributed by atoms with Gasteiger partial charge in [0.05, 0.1) is 5.76 Å². The van der Waals surface area contributed by atoms with E-state index in [1.54, 1.807) is 4.26 Å². The van der Waals surface area contributed by atoms with Gasteiger partial charge in [-0.3, -0.25) is 4.79 Å². The predicted octanol–water partition coefficient (Wildman–Crippen LogP) is 11.0. The number of benzene rings is 4. The molecule has 2 aromatic heterocycles. The van der Waals surface area contributed by atoms with Crippen LogP contribution in [0.1, 0.15) is 72.8 Å². The van der Waals surface area contributed by atoms with Crippen LogP contribution in [0.25, 0.3) is 41.3 Å². The Labute approximate surface area is 333 Å². The molecule has 1 radical (unpaired) electrons. The summed E-state index contributed by atoms with van der Waals surface area (Å²) in [7, 11) is 0. The molecular formula is C46H54GeIrNO2Se-. The Kier molecular flexibility index (Phi) is 15.3. The summed E-state index contributed by atoms with van der Waals surface area (Å²) < 4.78 is 5.97. The number of fused-ring (bicyclic) bond motifs is 4. The number of hydrogen-bond donors (Lipinski definition) is 1. The first-order valence-corrected chi connectivity index (χ1v) is 26.8. The Morgan fingerprint density at radius 2 is 1.42 bits per heavy atom. The number of carbonyl (C=O) groups is 1. The fourth-order valence-corrected chi connectivity index (χ4v) is 15.7. The smallest absolute Gasteiger partial charge is 0.162 e. The zero-order valence-corrected chi connectivity index (χ0v) is 38.3. The van der Waals surface area contributed by atoms with Gasteiger partial charge < -0.3 is 5.11 Å². The van der Waals surface area contributed by atoms with Crippen LogP contribution in [0, 0.1) is 23.8 Å². The second-order valence-corrected chi connectivity index (χ2v) is 26.0. The van der Waals surface area contributed by atoms with Crippen LogP contribution in [-0.2, 0) is 31.3 Å². The molecule has 0 amide bonds. The van der Waals surface area contributed by atoms with Crippen molar-refractivity contribution in [3.63, 3.8) is 0 Å². The van der Waals surface area contributed by atoms with E-state index in [0.29, 0.717) is 5.92 Å². The Morgan fingerprint density at radius 3 is 2.08 bits per heavy atom. The molecule has 0 bridgehead atoms. The normalized spacial score (nSPS) is 12.1. The SMILES string of the molecule is CC(C)Cc1cccc2c1[se]c1c(-c3[c-]c4ccccc4[c]([Ge]([CH3])([CH3])[c]4ccccc4)c3)nccc12.CCC(CC)C(=O)/C=C(\O)C(CC)CC.[Ir]. The number of pyridine rings is 1. The topological polar surface area (TPSA) is 50.2 Å². The molecule has 52 heavy (non-hydrogen) atoms. The molecule has 0 saturated heterocycles. The van der Waals surface area contributed by atoms with E-state index in [1.807, 2.05) is 33.9 Å². The minimum Gasteiger partial charge on any atom is -0.512 e. The van der Waals surface area contributed by atoms with Gasteiger partial charge >= 0.3 is 223 Å². The molecule has 0 spiro atoms. The zero-order valence-electron chi connectivity index (χ0n) is 32.0. The summed E-state index contributed by atoms with van der Waals surface area (Å²) in [6.45, 7) is 12.7. The van der Waals surface area contributed by atoms with Crippen LogP contribution in [0.3, 0.4) is 0 Å². The molecular weight excluding hydrogens is 942 g/mol. The summed E-state index contributed by atoms with van der Waals surface area (Å²) in [6.07, 6.45) is 8.04. The molecule has 0 unspecified atom stereocenters. The van der Waals surface area contributed by atoms with E-state index < -0.39 is 13.3 Å². The number of ketones is 1. The zero-order chi connectivity index (χ0) is 36.7. The number of nitrogens with zero attached hydrogens (tertiary/aromatic N) is 1. The van der Waals surface area contributed by atoms with Gasteiger partial charge in [-0.15, -0.1) is 0 Å². The van der Waals surface area contributed by atoms with Gasteiger partial charge in [-0.1, -0.05) is 27.7 Å². The molecule has 4 aromatic carbocycles. The third kappa shape index (κ3) is 9.28. The molecule has 2 heterocycles. The molecule has 6 aromatic rings. The number of aliphatic hydroxyl groups is 1. The van der Waals surface area contributed by atoms with E-state index in [9.17, 15) is 9.90 Å². The van der Waals surface area contributed by atoms with E-state index in [1.165, 1.54) is 46.2 Å². The number of allylic oxidation sites excluding steroid dienone is 2. The molecule has 0 saturated carbocycles. The van der Waals surface area contributed by atoms with E-state index in [0.717, 1.165) is 43.4 Å². The first-order chi connectivity index (χ1) is 24.5. The molecule has 6 rings (SSSR count). The molecule has 0 fully saturated rings. The van der Waals surface area contributed by atoms with Gasteiger partial charge in [0, 0.05) is 38.0 Å². The third-order valence-electron chi connectivity index (χ3n) is 10.4. The van der Waals surface area contributed by atoms with E-state index in [4.69, 9.17) is 4.98 Å². The molecule has 6 heteroatoms. The number of aromatic nitrogens is 1. The van der Waals surface area contributed by atoms with Gasteiger partial charge in [0.25, 0.3) is 0 Å². The fourth-order valence-electron chi connectivity index (χ4n) is 7.24. The Hall–Kier alpha value is -2.79. The van der Waals surface area contributed by atoms with Crippen molar-refractivity contribution in [2.75, 3.05) is 0 Å². The number of aliphatic hydroxyl groups excluding tert-OH is 1. The summed E-state index contributed by atoms with van der Waals surface area (Å²) in [5.74, 6) is 6.23. The van der Waals surface area contributed by atoms with E-state index in [2.05, 4.69) is 116 Å². The summed E-state index contributed by atoms with van der Waals surface area (Å²) >= 11 is -2.32. The third-order valence-corrected chi connectivity index (χ3v) is 20.6. The van der Waals surface area contributed by atoms with Crippen LogP contribution in [0.15, 0.2) is 103 Å². The standard InChI is InChI=1S/C33H30GeNSe.C13H24O2.Ir/c1-22(2)19-24-12-10-16-28-29-17-18-35-31(33(29)36-32(24)28)25-20-23-11-8-9-15-27(23)30(21-25)34(3,4)26-13-6-5-7-14-26;1-5-10(6-2)12(14)9-13(15)11(7-3)8-4;/h5-18,21-22H,19H2,1-4H3;9-11,14H,5-8H2,1-4H3;/q-1;;/b;12-9-;.